The molecule has 5 heteroatoms. The van der Waals surface area contributed by atoms with Gasteiger partial charge in [0.1, 0.15) is 5.82 Å². The van der Waals surface area contributed by atoms with Gasteiger partial charge in [0.05, 0.1) is 5.52 Å². The van der Waals surface area contributed by atoms with Crippen LogP contribution in [0.5, 0.6) is 0 Å². The first-order valence-corrected chi connectivity index (χ1v) is 8.68. The zero-order chi connectivity index (χ0) is 17.3. The second-order valence-corrected chi connectivity index (χ2v) is 6.32. The second kappa shape index (κ2) is 6.11. The third-order valence-electron chi connectivity index (χ3n) is 4.62. The molecule has 5 rings (SSSR count). The number of hydrogen-bond acceptors (Lipinski definition) is 5. The summed E-state index contributed by atoms with van der Waals surface area (Å²) in [4.78, 5) is 13.6. The van der Waals surface area contributed by atoms with E-state index >= 15 is 0 Å². The third-order valence-corrected chi connectivity index (χ3v) is 4.62. The fraction of sp³-hybridized carbons (Fsp3) is 0.0952. The minimum absolute atomic E-state index is 0.691. The first-order valence-electron chi connectivity index (χ1n) is 8.68. The number of fused-ring (bicyclic) bond motifs is 2. The Bertz CT molecular complexity index is 1090. The predicted octanol–water partition coefficient (Wildman–Crippen LogP) is 4.40. The van der Waals surface area contributed by atoms with Crippen molar-refractivity contribution >= 4 is 28.1 Å². The van der Waals surface area contributed by atoms with Crippen LogP contribution in [0, 0.1) is 0 Å². The van der Waals surface area contributed by atoms with Crippen LogP contribution in [0.3, 0.4) is 0 Å². The van der Waals surface area contributed by atoms with E-state index in [0.717, 1.165) is 40.9 Å². The lowest BCUT2D eigenvalue weighted by Crippen LogP contribution is -1.99. The minimum atomic E-state index is 0.691. The molecule has 2 N–H and O–H groups in total. The van der Waals surface area contributed by atoms with Gasteiger partial charge in [-0.3, -0.25) is 4.98 Å². The van der Waals surface area contributed by atoms with Crippen LogP contribution in [-0.4, -0.2) is 21.5 Å². The molecular weight excluding hydrogens is 322 g/mol. The third kappa shape index (κ3) is 2.63. The monoisotopic (exact) mass is 339 g/mol. The molecule has 0 atom stereocenters. The Morgan fingerprint density at radius 3 is 2.73 bits per heavy atom. The lowest BCUT2D eigenvalue weighted by atomic mass is 10.1. The highest BCUT2D eigenvalue weighted by atomic mass is 15.0. The van der Waals surface area contributed by atoms with Gasteiger partial charge in [-0.1, -0.05) is 12.1 Å². The van der Waals surface area contributed by atoms with Crippen molar-refractivity contribution in [2.45, 2.75) is 6.42 Å². The van der Waals surface area contributed by atoms with Gasteiger partial charge in [0, 0.05) is 41.3 Å². The van der Waals surface area contributed by atoms with Crippen LogP contribution in [-0.2, 0) is 6.42 Å². The van der Waals surface area contributed by atoms with E-state index in [1.54, 1.807) is 12.4 Å². The van der Waals surface area contributed by atoms with Crippen molar-refractivity contribution in [3.05, 3.63) is 72.6 Å². The molecule has 0 unspecified atom stereocenters. The summed E-state index contributed by atoms with van der Waals surface area (Å²) in [6.45, 7) is 1.00. The van der Waals surface area contributed by atoms with E-state index in [1.807, 2.05) is 36.4 Å². The average Bonchev–Trinajstić information content (AvgIpc) is 3.16. The maximum Gasteiger partial charge on any atom is 0.162 e. The van der Waals surface area contributed by atoms with Gasteiger partial charge in [-0.15, -0.1) is 0 Å². The molecule has 0 bridgehead atoms. The molecule has 0 spiro atoms. The SMILES string of the molecule is c1ccc2c(Nc3ccc4c(c3)CCN4)nc(-c3ccncc3)nc2c1. The van der Waals surface area contributed by atoms with Crippen molar-refractivity contribution < 1.29 is 0 Å². The molecule has 4 aromatic rings. The van der Waals surface area contributed by atoms with E-state index < -0.39 is 0 Å². The maximum absolute atomic E-state index is 4.79. The number of nitrogens with one attached hydrogen (secondary N) is 2. The highest BCUT2D eigenvalue weighted by Gasteiger charge is 2.12. The molecule has 2 aromatic heterocycles. The summed E-state index contributed by atoms with van der Waals surface area (Å²) in [7, 11) is 0. The van der Waals surface area contributed by atoms with Crippen LogP contribution < -0.4 is 10.6 Å². The topological polar surface area (TPSA) is 62.7 Å². The van der Waals surface area contributed by atoms with Crippen molar-refractivity contribution in [1.82, 2.24) is 15.0 Å². The number of anilines is 3. The summed E-state index contributed by atoms with van der Waals surface area (Å²) < 4.78 is 0. The average molecular weight is 339 g/mol. The highest BCUT2D eigenvalue weighted by molar-refractivity contribution is 5.92. The Morgan fingerprint density at radius 1 is 0.923 bits per heavy atom. The fourth-order valence-corrected chi connectivity index (χ4v) is 3.32. The molecule has 3 heterocycles. The van der Waals surface area contributed by atoms with Gasteiger partial charge in [0.15, 0.2) is 5.82 Å². The van der Waals surface area contributed by atoms with E-state index in [9.17, 15) is 0 Å². The summed E-state index contributed by atoms with van der Waals surface area (Å²) in [6, 6.07) is 18.3. The Morgan fingerprint density at radius 2 is 1.81 bits per heavy atom. The number of hydrogen-bond donors (Lipinski definition) is 2. The van der Waals surface area contributed by atoms with Gasteiger partial charge in [0.25, 0.3) is 0 Å². The van der Waals surface area contributed by atoms with Crippen molar-refractivity contribution in [3.63, 3.8) is 0 Å². The minimum Gasteiger partial charge on any atom is -0.384 e. The number of para-hydroxylation sites is 1. The van der Waals surface area contributed by atoms with Crippen molar-refractivity contribution in [2.24, 2.45) is 0 Å². The number of benzene rings is 2. The first kappa shape index (κ1) is 14.8. The summed E-state index contributed by atoms with van der Waals surface area (Å²) >= 11 is 0. The summed E-state index contributed by atoms with van der Waals surface area (Å²) in [5.74, 6) is 1.50. The molecule has 2 aromatic carbocycles. The molecule has 126 valence electrons. The molecule has 0 radical (unpaired) electrons. The number of pyridine rings is 1. The number of aromatic nitrogens is 3. The van der Waals surface area contributed by atoms with Crippen LogP contribution in [0.4, 0.5) is 17.2 Å². The van der Waals surface area contributed by atoms with E-state index in [4.69, 9.17) is 9.97 Å². The van der Waals surface area contributed by atoms with Crippen LogP contribution in [0.15, 0.2) is 67.0 Å². The largest absolute Gasteiger partial charge is 0.384 e. The summed E-state index contributed by atoms with van der Waals surface area (Å²) in [6.07, 6.45) is 4.57. The zero-order valence-corrected chi connectivity index (χ0v) is 14.1. The molecule has 26 heavy (non-hydrogen) atoms. The molecule has 1 aliphatic heterocycles. The lowest BCUT2D eigenvalue weighted by molar-refractivity contribution is 1.11. The smallest absolute Gasteiger partial charge is 0.162 e. The first-order chi connectivity index (χ1) is 12.9. The van der Waals surface area contributed by atoms with E-state index in [1.165, 1.54) is 11.3 Å². The normalized spacial score (nSPS) is 12.6. The van der Waals surface area contributed by atoms with Crippen LogP contribution in [0.25, 0.3) is 22.3 Å². The second-order valence-electron chi connectivity index (χ2n) is 6.32. The van der Waals surface area contributed by atoms with Crippen LogP contribution >= 0.6 is 0 Å². The van der Waals surface area contributed by atoms with Crippen molar-refractivity contribution in [3.8, 4) is 11.4 Å². The van der Waals surface area contributed by atoms with Gasteiger partial charge in [-0.2, -0.15) is 0 Å². The van der Waals surface area contributed by atoms with Gasteiger partial charge in [-0.25, -0.2) is 9.97 Å². The van der Waals surface area contributed by atoms with E-state index in [2.05, 4.69) is 33.8 Å². The predicted molar refractivity (Wildman–Crippen MR) is 105 cm³/mol. The number of nitrogens with zero attached hydrogens (tertiary/aromatic N) is 3. The highest BCUT2D eigenvalue weighted by Crippen LogP contribution is 2.30. The quantitative estimate of drug-likeness (QED) is 0.579. The van der Waals surface area contributed by atoms with Crippen molar-refractivity contribution in [1.29, 1.82) is 0 Å². The van der Waals surface area contributed by atoms with Gasteiger partial charge in [-0.05, 0) is 54.4 Å². The molecule has 0 aliphatic carbocycles. The van der Waals surface area contributed by atoms with Crippen LogP contribution in [0.2, 0.25) is 0 Å². The molecule has 0 saturated heterocycles. The molecule has 0 fully saturated rings. The Labute approximate surface area is 151 Å². The fourth-order valence-electron chi connectivity index (χ4n) is 3.32. The molecule has 1 aliphatic rings. The Hall–Kier alpha value is -3.47. The van der Waals surface area contributed by atoms with Gasteiger partial charge >= 0.3 is 0 Å². The Balaban J connectivity index is 1.62. The van der Waals surface area contributed by atoms with Crippen LogP contribution in [0.1, 0.15) is 5.56 Å². The molecular formula is C21H17N5. The molecule has 5 nitrogen and oxygen atoms in total. The lowest BCUT2D eigenvalue weighted by Gasteiger charge is -2.12. The van der Waals surface area contributed by atoms with E-state index in [-0.39, 0.29) is 0 Å². The Kier molecular flexibility index (Phi) is 3.49. The van der Waals surface area contributed by atoms with Gasteiger partial charge < -0.3 is 10.6 Å². The zero-order valence-electron chi connectivity index (χ0n) is 14.1. The summed E-state index contributed by atoms with van der Waals surface area (Å²) in [5.41, 5.74) is 5.46. The van der Waals surface area contributed by atoms with E-state index in [0.29, 0.717) is 5.82 Å². The molecule has 0 saturated carbocycles. The van der Waals surface area contributed by atoms with Crippen molar-refractivity contribution in [2.75, 3.05) is 17.2 Å². The molecule has 0 amide bonds. The summed E-state index contributed by atoms with van der Waals surface area (Å²) in [5, 5.41) is 7.89. The van der Waals surface area contributed by atoms with Gasteiger partial charge in [0.2, 0.25) is 0 Å². The maximum atomic E-state index is 4.79. The number of rotatable bonds is 3. The standard InChI is InChI=1S/C21H17N5/c1-2-4-19-17(3-1)21(26-20(25-19)14-7-10-22-11-8-14)24-16-5-6-18-15(13-16)9-12-23-18/h1-8,10-11,13,23H,9,12H2,(H,24,25,26).